The minimum atomic E-state index is -3.90. The summed E-state index contributed by atoms with van der Waals surface area (Å²) in [5, 5.41) is 10.1. The summed E-state index contributed by atoms with van der Waals surface area (Å²) in [5.41, 5.74) is 0. The minimum Gasteiger partial charge on any atom is -0.477 e. The Morgan fingerprint density at radius 2 is 2.00 bits per heavy atom. The third-order valence-electron chi connectivity index (χ3n) is 3.22. The van der Waals surface area contributed by atoms with Crippen LogP contribution in [0.25, 0.3) is 0 Å². The van der Waals surface area contributed by atoms with Crippen LogP contribution in [0.3, 0.4) is 0 Å². The van der Waals surface area contributed by atoms with Crippen molar-refractivity contribution in [1.29, 1.82) is 0 Å². The zero-order valence-electron chi connectivity index (χ0n) is 11.4. The number of carboxylic acid groups (broad SMARTS) is 1. The maximum absolute atomic E-state index is 12.1. The van der Waals surface area contributed by atoms with E-state index in [1.807, 2.05) is 0 Å². The molecule has 0 saturated carbocycles. The summed E-state index contributed by atoms with van der Waals surface area (Å²) in [4.78, 5) is 24.3. The Hall–Kier alpha value is -1.45. The number of aromatic carboxylic acids is 1. The zero-order chi connectivity index (χ0) is 15.6. The van der Waals surface area contributed by atoms with Crippen LogP contribution >= 0.6 is 11.3 Å². The molecule has 1 aliphatic rings. The maximum Gasteiger partial charge on any atom is 0.345 e. The number of rotatable bonds is 5. The van der Waals surface area contributed by atoms with Crippen molar-refractivity contribution in [2.75, 3.05) is 13.1 Å². The van der Waals surface area contributed by atoms with Crippen molar-refractivity contribution < 1.29 is 23.1 Å². The summed E-state index contributed by atoms with van der Waals surface area (Å²) in [6, 6.07) is 0.212. The molecule has 9 heteroatoms. The van der Waals surface area contributed by atoms with Crippen molar-refractivity contribution in [1.82, 2.24) is 9.62 Å². The van der Waals surface area contributed by atoms with Crippen LogP contribution in [0.2, 0.25) is 0 Å². The van der Waals surface area contributed by atoms with E-state index >= 15 is 0 Å². The maximum atomic E-state index is 12.1. The average Bonchev–Trinajstić information content (AvgIpc) is 3.08. The molecule has 21 heavy (non-hydrogen) atoms. The van der Waals surface area contributed by atoms with Crippen molar-refractivity contribution in [2.24, 2.45) is 0 Å². The monoisotopic (exact) mass is 332 g/mol. The summed E-state index contributed by atoms with van der Waals surface area (Å²) in [5.74, 6) is -1.44. The molecule has 1 unspecified atom stereocenters. The molecule has 1 aromatic rings. The van der Waals surface area contributed by atoms with Gasteiger partial charge in [0.1, 0.15) is 4.88 Å². The van der Waals surface area contributed by atoms with Crippen LogP contribution in [0.15, 0.2) is 16.3 Å². The van der Waals surface area contributed by atoms with Gasteiger partial charge in [-0.25, -0.2) is 13.2 Å². The first-order chi connectivity index (χ1) is 9.81. The van der Waals surface area contributed by atoms with Gasteiger partial charge in [0, 0.05) is 18.5 Å². The number of thiophene rings is 1. The van der Waals surface area contributed by atoms with Gasteiger partial charge in [-0.05, 0) is 25.8 Å². The Morgan fingerprint density at radius 3 is 2.52 bits per heavy atom. The number of hydrogen-bond donors (Lipinski definition) is 2. The number of nitrogens with one attached hydrogen (secondary N) is 1. The van der Waals surface area contributed by atoms with E-state index < -0.39 is 22.0 Å². The first-order valence-corrected chi connectivity index (χ1v) is 8.80. The second kappa shape index (κ2) is 6.12. The highest BCUT2D eigenvalue weighted by molar-refractivity contribution is 7.89. The van der Waals surface area contributed by atoms with Crippen molar-refractivity contribution in [3.63, 3.8) is 0 Å². The van der Waals surface area contributed by atoms with E-state index in [0.29, 0.717) is 13.1 Å². The van der Waals surface area contributed by atoms with Gasteiger partial charge in [0.25, 0.3) is 0 Å². The van der Waals surface area contributed by atoms with Crippen LogP contribution in [0.1, 0.15) is 29.4 Å². The SMILES string of the molecule is CC(NS(=O)(=O)c1csc(C(=O)O)c1)C(=O)N1CCCC1. The standard InChI is InChI=1S/C12H16N2O5S2/c1-8(11(15)14-4-2-3-5-14)13-21(18,19)9-6-10(12(16)17)20-7-9/h6-8,13H,2-5H2,1H3,(H,16,17). The summed E-state index contributed by atoms with van der Waals surface area (Å²) in [7, 11) is -3.90. The van der Waals surface area contributed by atoms with Crippen molar-refractivity contribution in [3.8, 4) is 0 Å². The van der Waals surface area contributed by atoms with Gasteiger partial charge in [-0.3, -0.25) is 4.79 Å². The van der Waals surface area contributed by atoms with Crippen LogP contribution in [0, 0.1) is 0 Å². The molecule has 1 aromatic heterocycles. The van der Waals surface area contributed by atoms with Crippen LogP contribution in [-0.2, 0) is 14.8 Å². The first-order valence-electron chi connectivity index (χ1n) is 6.44. The van der Waals surface area contributed by atoms with E-state index in [1.165, 1.54) is 12.3 Å². The van der Waals surface area contributed by atoms with Gasteiger partial charge in [-0.15, -0.1) is 11.3 Å². The average molecular weight is 332 g/mol. The third kappa shape index (κ3) is 3.60. The van der Waals surface area contributed by atoms with E-state index in [0.717, 1.165) is 30.2 Å². The summed E-state index contributed by atoms with van der Waals surface area (Å²) < 4.78 is 26.6. The molecule has 2 heterocycles. The fourth-order valence-corrected chi connectivity index (χ4v) is 4.44. The summed E-state index contributed by atoms with van der Waals surface area (Å²) >= 11 is 0.831. The molecule has 1 saturated heterocycles. The molecule has 2 N–H and O–H groups in total. The lowest BCUT2D eigenvalue weighted by atomic mass is 10.3. The number of amides is 1. The second-order valence-electron chi connectivity index (χ2n) is 4.83. The molecule has 1 aliphatic heterocycles. The van der Waals surface area contributed by atoms with Crippen molar-refractivity contribution >= 4 is 33.2 Å². The highest BCUT2D eigenvalue weighted by atomic mass is 32.2. The van der Waals surface area contributed by atoms with E-state index in [1.54, 1.807) is 4.90 Å². The van der Waals surface area contributed by atoms with Crippen LogP contribution < -0.4 is 4.72 Å². The quantitative estimate of drug-likeness (QED) is 0.827. The molecule has 7 nitrogen and oxygen atoms in total. The van der Waals surface area contributed by atoms with E-state index in [9.17, 15) is 18.0 Å². The fraction of sp³-hybridized carbons (Fsp3) is 0.500. The highest BCUT2D eigenvalue weighted by Gasteiger charge is 2.28. The van der Waals surface area contributed by atoms with E-state index in [4.69, 9.17) is 5.11 Å². The van der Waals surface area contributed by atoms with Gasteiger partial charge in [0.2, 0.25) is 15.9 Å². The molecule has 2 rings (SSSR count). The Bertz CT molecular complexity index is 646. The highest BCUT2D eigenvalue weighted by Crippen LogP contribution is 2.19. The van der Waals surface area contributed by atoms with E-state index in [2.05, 4.69) is 4.72 Å². The molecular weight excluding hydrogens is 316 g/mol. The molecule has 0 aromatic carbocycles. The lowest BCUT2D eigenvalue weighted by Gasteiger charge is -2.20. The Kier molecular flexibility index (Phi) is 4.64. The van der Waals surface area contributed by atoms with Crippen molar-refractivity contribution in [3.05, 3.63) is 16.3 Å². The molecule has 0 bridgehead atoms. The van der Waals surface area contributed by atoms with Crippen molar-refractivity contribution in [2.45, 2.75) is 30.7 Å². The minimum absolute atomic E-state index is 0.0612. The molecule has 1 amide bonds. The normalized spacial score (nSPS) is 16.9. The predicted octanol–water partition coefficient (Wildman–Crippen LogP) is 0.736. The molecule has 0 radical (unpaired) electrons. The van der Waals surface area contributed by atoms with Gasteiger partial charge < -0.3 is 10.0 Å². The zero-order valence-corrected chi connectivity index (χ0v) is 13.0. The molecule has 116 valence electrons. The third-order valence-corrected chi connectivity index (χ3v) is 5.80. The predicted molar refractivity (Wildman–Crippen MR) is 76.9 cm³/mol. The second-order valence-corrected chi connectivity index (χ2v) is 7.45. The molecule has 1 atom stereocenters. The van der Waals surface area contributed by atoms with Gasteiger partial charge in [-0.1, -0.05) is 0 Å². The van der Waals surface area contributed by atoms with Gasteiger partial charge in [0.05, 0.1) is 10.9 Å². The van der Waals surface area contributed by atoms with Crippen LogP contribution in [0.4, 0.5) is 0 Å². The Balaban J connectivity index is 2.08. The van der Waals surface area contributed by atoms with E-state index in [-0.39, 0.29) is 15.7 Å². The summed E-state index contributed by atoms with van der Waals surface area (Å²) in [6.07, 6.45) is 1.86. The van der Waals surface area contributed by atoms with Gasteiger partial charge in [0.15, 0.2) is 0 Å². The van der Waals surface area contributed by atoms with Crippen LogP contribution in [-0.4, -0.2) is 49.4 Å². The number of carbonyl (C=O) groups excluding carboxylic acids is 1. The van der Waals surface area contributed by atoms with Gasteiger partial charge in [-0.2, -0.15) is 4.72 Å². The lowest BCUT2D eigenvalue weighted by Crippen LogP contribution is -2.45. The molecule has 1 fully saturated rings. The number of carbonyl (C=O) groups is 2. The summed E-state index contributed by atoms with van der Waals surface area (Å²) in [6.45, 7) is 2.78. The van der Waals surface area contributed by atoms with Gasteiger partial charge >= 0.3 is 5.97 Å². The Morgan fingerprint density at radius 1 is 1.38 bits per heavy atom. The number of sulfonamides is 1. The number of carboxylic acids is 1. The fourth-order valence-electron chi connectivity index (χ4n) is 2.13. The number of hydrogen-bond acceptors (Lipinski definition) is 5. The topological polar surface area (TPSA) is 104 Å². The number of likely N-dealkylation sites (tertiary alicyclic amines) is 1. The molecule has 0 spiro atoms. The lowest BCUT2D eigenvalue weighted by molar-refractivity contribution is -0.131. The molecule has 0 aliphatic carbocycles. The first kappa shape index (κ1) is 15.9. The van der Waals surface area contributed by atoms with Crippen LogP contribution in [0.5, 0.6) is 0 Å². The largest absolute Gasteiger partial charge is 0.477 e. The smallest absolute Gasteiger partial charge is 0.345 e. The molecular formula is C12H16N2O5S2. The Labute approximate surface area is 126 Å². The number of nitrogens with zero attached hydrogens (tertiary/aromatic N) is 1.